The second kappa shape index (κ2) is 7.90. The Morgan fingerprint density at radius 1 is 1.42 bits per heavy atom. The number of carbonyl (C=O) groups excluding carboxylic acids is 1. The number of hydrogen-bond acceptors (Lipinski definition) is 6. The van der Waals surface area contributed by atoms with Gasteiger partial charge in [0.25, 0.3) is 0 Å². The molecule has 1 saturated heterocycles. The van der Waals surface area contributed by atoms with Crippen molar-refractivity contribution in [2.45, 2.75) is 52.3 Å². The van der Waals surface area contributed by atoms with Crippen LogP contribution in [0.2, 0.25) is 0 Å². The molecule has 1 amide bonds. The maximum atomic E-state index is 13.6. The second-order valence-corrected chi connectivity index (χ2v) is 7.71. The molecule has 1 fully saturated rings. The Morgan fingerprint density at radius 2 is 2.08 bits per heavy atom. The van der Waals surface area contributed by atoms with Crippen molar-refractivity contribution in [2.24, 2.45) is 0 Å². The van der Waals surface area contributed by atoms with Crippen LogP contribution < -0.4 is 5.46 Å². The molecule has 2 N–H and O–H groups in total. The van der Waals surface area contributed by atoms with Crippen LogP contribution >= 0.6 is 0 Å². The molecule has 26 heavy (non-hydrogen) atoms. The molecule has 0 aliphatic carbocycles. The fraction of sp³-hybridized carbons (Fsp3) is 0.647. The minimum absolute atomic E-state index is 0.0545. The minimum atomic E-state index is -1.91. The zero-order valence-electron chi connectivity index (χ0n) is 15.9. The molecule has 0 saturated carbocycles. The Bertz CT molecular complexity index is 653. The van der Waals surface area contributed by atoms with Gasteiger partial charge in [-0.3, -0.25) is 4.90 Å². The first-order chi connectivity index (χ1) is 12.0. The lowest BCUT2D eigenvalue weighted by Gasteiger charge is -2.43. The molecule has 2 heterocycles. The number of pyridine rings is 1. The van der Waals surface area contributed by atoms with E-state index in [0.717, 1.165) is 0 Å². The van der Waals surface area contributed by atoms with Gasteiger partial charge in [-0.25, -0.2) is 9.78 Å². The fourth-order valence-electron chi connectivity index (χ4n) is 3.12. The van der Waals surface area contributed by atoms with Gasteiger partial charge in [-0.1, -0.05) is 6.07 Å². The first kappa shape index (κ1) is 20.6. The van der Waals surface area contributed by atoms with E-state index in [1.54, 1.807) is 4.90 Å². The van der Waals surface area contributed by atoms with Crippen molar-refractivity contribution in [1.29, 1.82) is 0 Å². The minimum Gasteiger partial charge on any atom is -0.444 e. The lowest BCUT2D eigenvalue weighted by atomic mass is 9.80. The molecule has 0 radical (unpaired) electrons. The molecule has 1 aliphatic rings. The smallest absolute Gasteiger partial charge is 0.444 e. The molecule has 1 aliphatic heterocycles. The molecule has 0 spiro atoms. The van der Waals surface area contributed by atoms with E-state index in [4.69, 9.17) is 4.74 Å². The number of ether oxygens (including phenoxy) is 1. The Morgan fingerprint density at radius 3 is 2.62 bits per heavy atom. The second-order valence-electron chi connectivity index (χ2n) is 7.71. The SMILES string of the molecule is C[C@H](c1cnc(F)c(B(O)O)c1)N1CCN(C(=O)OC(C)(C)C)C[C@@H]1C. The summed E-state index contributed by atoms with van der Waals surface area (Å²) >= 11 is 0. The highest BCUT2D eigenvalue weighted by Crippen LogP contribution is 2.25. The van der Waals surface area contributed by atoms with Crippen molar-refractivity contribution >= 4 is 18.7 Å². The van der Waals surface area contributed by atoms with Gasteiger partial charge in [-0.15, -0.1) is 0 Å². The van der Waals surface area contributed by atoms with E-state index in [2.05, 4.69) is 9.88 Å². The third kappa shape index (κ3) is 4.93. The summed E-state index contributed by atoms with van der Waals surface area (Å²) in [7, 11) is -1.91. The predicted octanol–water partition coefficient (Wildman–Crippen LogP) is 0.903. The fourth-order valence-corrected chi connectivity index (χ4v) is 3.12. The van der Waals surface area contributed by atoms with Gasteiger partial charge >= 0.3 is 13.2 Å². The molecule has 0 aromatic carbocycles. The first-order valence-corrected chi connectivity index (χ1v) is 8.74. The molecule has 1 aromatic rings. The highest BCUT2D eigenvalue weighted by Gasteiger charge is 2.33. The van der Waals surface area contributed by atoms with Crippen LogP contribution in [-0.4, -0.2) is 69.3 Å². The molecule has 1 aromatic heterocycles. The normalized spacial score (nSPS) is 20.0. The molecular formula is C17H27BFN3O4. The average Bonchev–Trinajstić information content (AvgIpc) is 2.52. The Labute approximate surface area is 153 Å². The number of aromatic nitrogens is 1. The zero-order valence-corrected chi connectivity index (χ0v) is 15.9. The van der Waals surface area contributed by atoms with Gasteiger partial charge in [0.15, 0.2) is 0 Å². The highest BCUT2D eigenvalue weighted by atomic mass is 19.1. The van der Waals surface area contributed by atoms with Crippen LogP contribution in [0.5, 0.6) is 0 Å². The summed E-state index contributed by atoms with van der Waals surface area (Å²) < 4.78 is 19.0. The van der Waals surface area contributed by atoms with Crippen molar-refractivity contribution in [3.63, 3.8) is 0 Å². The maximum Gasteiger partial charge on any atom is 0.493 e. The van der Waals surface area contributed by atoms with Gasteiger partial charge in [0.2, 0.25) is 5.95 Å². The number of nitrogens with zero attached hydrogens (tertiary/aromatic N) is 3. The number of amides is 1. The quantitative estimate of drug-likeness (QED) is 0.610. The van der Waals surface area contributed by atoms with Crippen LogP contribution in [-0.2, 0) is 4.74 Å². The molecule has 144 valence electrons. The number of rotatable bonds is 3. The van der Waals surface area contributed by atoms with Gasteiger partial charge in [0, 0.05) is 43.4 Å². The van der Waals surface area contributed by atoms with Gasteiger partial charge in [0.1, 0.15) is 5.60 Å². The highest BCUT2D eigenvalue weighted by molar-refractivity contribution is 6.58. The molecule has 0 unspecified atom stereocenters. The van der Waals surface area contributed by atoms with Gasteiger partial charge in [-0.2, -0.15) is 4.39 Å². The Balaban J connectivity index is 2.07. The standard InChI is InChI=1S/C17H27BFN3O4/c1-11-10-21(16(23)26-17(3,4)5)6-7-22(11)12(2)13-8-14(18(24)25)15(19)20-9-13/h8-9,11-12,24-25H,6-7,10H2,1-5H3/t11-,12+/m0/s1. The molecular weight excluding hydrogens is 340 g/mol. The van der Waals surface area contributed by atoms with E-state index < -0.39 is 18.7 Å². The number of halogens is 1. The summed E-state index contributed by atoms with van der Waals surface area (Å²) in [5.74, 6) is -0.890. The van der Waals surface area contributed by atoms with Crippen LogP contribution in [0.25, 0.3) is 0 Å². The molecule has 0 bridgehead atoms. The van der Waals surface area contributed by atoms with Gasteiger partial charge in [0.05, 0.1) is 0 Å². The predicted molar refractivity (Wildman–Crippen MR) is 96.4 cm³/mol. The monoisotopic (exact) mass is 367 g/mol. The first-order valence-electron chi connectivity index (χ1n) is 8.74. The van der Waals surface area contributed by atoms with Crippen molar-refractivity contribution in [3.05, 3.63) is 23.8 Å². The van der Waals surface area contributed by atoms with Crippen molar-refractivity contribution in [2.75, 3.05) is 19.6 Å². The summed E-state index contributed by atoms with van der Waals surface area (Å²) in [4.78, 5) is 19.7. The molecule has 2 atom stereocenters. The van der Waals surface area contributed by atoms with E-state index in [0.29, 0.717) is 25.2 Å². The van der Waals surface area contributed by atoms with Crippen molar-refractivity contribution in [1.82, 2.24) is 14.8 Å². The summed E-state index contributed by atoms with van der Waals surface area (Å²) in [6.45, 7) is 11.1. The van der Waals surface area contributed by atoms with E-state index >= 15 is 0 Å². The average molecular weight is 367 g/mol. The third-order valence-corrected chi connectivity index (χ3v) is 4.48. The van der Waals surface area contributed by atoms with Gasteiger partial charge < -0.3 is 19.7 Å². The van der Waals surface area contributed by atoms with Crippen LogP contribution in [0, 0.1) is 5.95 Å². The number of piperazine rings is 1. The topological polar surface area (TPSA) is 86.1 Å². The van der Waals surface area contributed by atoms with E-state index in [1.165, 1.54) is 12.3 Å². The van der Waals surface area contributed by atoms with Crippen LogP contribution in [0.15, 0.2) is 12.3 Å². The Kier molecular flexibility index (Phi) is 6.26. The van der Waals surface area contributed by atoms with E-state index in [-0.39, 0.29) is 23.6 Å². The van der Waals surface area contributed by atoms with E-state index in [1.807, 2.05) is 34.6 Å². The van der Waals surface area contributed by atoms with E-state index in [9.17, 15) is 19.2 Å². The summed E-state index contributed by atoms with van der Waals surface area (Å²) in [6, 6.07) is 1.36. The zero-order chi connectivity index (χ0) is 19.6. The summed E-state index contributed by atoms with van der Waals surface area (Å²) in [6.07, 6.45) is 1.07. The number of hydrogen-bond donors (Lipinski definition) is 2. The van der Waals surface area contributed by atoms with Crippen LogP contribution in [0.4, 0.5) is 9.18 Å². The summed E-state index contributed by atoms with van der Waals surface area (Å²) in [5.41, 5.74) is -0.0899. The van der Waals surface area contributed by atoms with Crippen LogP contribution in [0.3, 0.4) is 0 Å². The largest absolute Gasteiger partial charge is 0.493 e. The van der Waals surface area contributed by atoms with Crippen molar-refractivity contribution < 1.29 is 24.0 Å². The third-order valence-electron chi connectivity index (χ3n) is 4.48. The molecule has 2 rings (SSSR count). The summed E-state index contributed by atoms with van der Waals surface area (Å²) in [5, 5.41) is 18.5. The molecule has 7 nitrogen and oxygen atoms in total. The van der Waals surface area contributed by atoms with Crippen molar-refractivity contribution in [3.8, 4) is 0 Å². The molecule has 9 heteroatoms. The Hall–Kier alpha value is -1.71. The number of carbonyl (C=O) groups is 1. The lowest BCUT2D eigenvalue weighted by molar-refractivity contribution is -0.000749. The lowest BCUT2D eigenvalue weighted by Crippen LogP contribution is -2.55. The van der Waals surface area contributed by atoms with Gasteiger partial charge in [-0.05, 0) is 40.2 Å². The van der Waals surface area contributed by atoms with Crippen LogP contribution in [0.1, 0.15) is 46.2 Å². The maximum absolute atomic E-state index is 13.6.